The molecule has 3 rings (SSSR count). The first kappa shape index (κ1) is 11.0. The molecular weight excluding hydrogens is 243 g/mol. The Morgan fingerprint density at radius 1 is 1.35 bits per heavy atom. The first-order valence-electron chi connectivity index (χ1n) is 5.64. The van der Waals surface area contributed by atoms with Gasteiger partial charge in [-0.2, -0.15) is 4.31 Å². The van der Waals surface area contributed by atoms with Gasteiger partial charge in [-0.05, 0) is 31.0 Å². The van der Waals surface area contributed by atoms with Crippen LogP contribution in [0.4, 0.5) is 10.1 Å². The van der Waals surface area contributed by atoms with Crippen LogP contribution in [0.15, 0.2) is 23.1 Å². The molecule has 1 aliphatic carbocycles. The van der Waals surface area contributed by atoms with Crippen molar-refractivity contribution >= 4 is 15.7 Å². The number of sulfonamides is 1. The van der Waals surface area contributed by atoms with Crippen LogP contribution in [-0.2, 0) is 10.0 Å². The van der Waals surface area contributed by atoms with Crippen molar-refractivity contribution in [2.24, 2.45) is 0 Å². The van der Waals surface area contributed by atoms with Crippen molar-refractivity contribution in [2.45, 2.75) is 23.8 Å². The number of hydrogen-bond donors (Lipinski definition) is 1. The molecule has 0 radical (unpaired) electrons. The Hall–Kier alpha value is -1.14. The molecule has 0 saturated heterocycles. The van der Waals surface area contributed by atoms with Crippen LogP contribution < -0.4 is 5.32 Å². The van der Waals surface area contributed by atoms with Crippen LogP contribution in [0.1, 0.15) is 12.8 Å². The van der Waals surface area contributed by atoms with Gasteiger partial charge >= 0.3 is 0 Å². The molecule has 4 nitrogen and oxygen atoms in total. The Balaban J connectivity index is 2.14. The summed E-state index contributed by atoms with van der Waals surface area (Å²) < 4.78 is 39.4. The van der Waals surface area contributed by atoms with E-state index >= 15 is 0 Å². The van der Waals surface area contributed by atoms with Gasteiger partial charge in [-0.25, -0.2) is 12.8 Å². The van der Waals surface area contributed by atoms with Gasteiger partial charge in [0.05, 0.1) is 5.69 Å². The molecule has 1 fully saturated rings. The molecule has 2 aliphatic rings. The van der Waals surface area contributed by atoms with Gasteiger partial charge in [-0.15, -0.1) is 0 Å². The fraction of sp³-hybridized carbons (Fsp3) is 0.455. The molecular formula is C11H13FN2O2S. The second-order valence-corrected chi connectivity index (χ2v) is 6.27. The molecule has 0 unspecified atom stereocenters. The zero-order valence-corrected chi connectivity index (χ0v) is 10.0. The number of rotatable bonds is 1. The summed E-state index contributed by atoms with van der Waals surface area (Å²) in [6, 6.07) is 3.96. The lowest BCUT2D eigenvalue weighted by molar-refractivity contribution is 0.419. The molecule has 1 aromatic carbocycles. The van der Waals surface area contributed by atoms with Crippen LogP contribution in [0.25, 0.3) is 0 Å². The summed E-state index contributed by atoms with van der Waals surface area (Å²) in [4.78, 5) is 0.0573. The molecule has 1 heterocycles. The van der Waals surface area contributed by atoms with E-state index in [0.29, 0.717) is 18.8 Å². The number of hydrogen-bond acceptors (Lipinski definition) is 3. The van der Waals surface area contributed by atoms with Crippen LogP contribution in [0, 0.1) is 5.82 Å². The van der Waals surface area contributed by atoms with Crippen molar-refractivity contribution in [3.05, 3.63) is 24.0 Å². The summed E-state index contributed by atoms with van der Waals surface area (Å²) in [6.45, 7) is 1.01. The third-order valence-corrected chi connectivity index (χ3v) is 5.12. The topological polar surface area (TPSA) is 49.4 Å². The molecule has 1 aromatic rings. The van der Waals surface area contributed by atoms with Gasteiger partial charge in [0.25, 0.3) is 0 Å². The van der Waals surface area contributed by atoms with Gasteiger partial charge in [0.1, 0.15) is 10.7 Å². The average Bonchev–Trinajstić information content (AvgIpc) is 3.08. The van der Waals surface area contributed by atoms with Crippen LogP contribution >= 0.6 is 0 Å². The van der Waals surface area contributed by atoms with Gasteiger partial charge in [0, 0.05) is 19.1 Å². The predicted molar refractivity (Wildman–Crippen MR) is 61.8 cm³/mol. The first-order valence-corrected chi connectivity index (χ1v) is 7.08. The van der Waals surface area contributed by atoms with E-state index in [2.05, 4.69) is 5.32 Å². The lowest BCUT2D eigenvalue weighted by atomic mass is 10.3. The number of anilines is 1. The molecule has 92 valence electrons. The fourth-order valence-electron chi connectivity index (χ4n) is 2.14. The second-order valence-electron chi connectivity index (χ2n) is 4.41. The Bertz CT molecular complexity index is 555. The summed E-state index contributed by atoms with van der Waals surface area (Å²) in [7, 11) is -3.55. The van der Waals surface area contributed by atoms with E-state index in [1.54, 1.807) is 0 Å². The Morgan fingerprint density at radius 2 is 2.12 bits per heavy atom. The molecule has 0 atom stereocenters. The smallest absolute Gasteiger partial charge is 0.245 e. The highest BCUT2D eigenvalue weighted by atomic mass is 32.2. The average molecular weight is 256 g/mol. The highest BCUT2D eigenvalue weighted by molar-refractivity contribution is 7.89. The van der Waals surface area contributed by atoms with E-state index in [-0.39, 0.29) is 10.9 Å². The zero-order valence-electron chi connectivity index (χ0n) is 9.19. The Kier molecular flexibility index (Phi) is 2.38. The summed E-state index contributed by atoms with van der Waals surface area (Å²) in [5.41, 5.74) is 0.495. The van der Waals surface area contributed by atoms with Crippen LogP contribution in [0.5, 0.6) is 0 Å². The maximum atomic E-state index is 13.2. The van der Waals surface area contributed by atoms with Crippen molar-refractivity contribution in [1.29, 1.82) is 0 Å². The molecule has 0 bridgehead atoms. The number of benzene rings is 1. The summed E-state index contributed by atoms with van der Waals surface area (Å²) in [6.07, 6.45) is 1.81. The maximum absolute atomic E-state index is 13.2. The maximum Gasteiger partial charge on any atom is 0.245 e. The van der Waals surface area contributed by atoms with Crippen molar-refractivity contribution < 1.29 is 12.8 Å². The van der Waals surface area contributed by atoms with Crippen LogP contribution in [0.3, 0.4) is 0 Å². The minimum atomic E-state index is -3.55. The third kappa shape index (κ3) is 1.81. The molecule has 0 aromatic heterocycles. The molecule has 0 spiro atoms. The van der Waals surface area contributed by atoms with E-state index in [1.165, 1.54) is 16.4 Å². The molecule has 1 N–H and O–H groups in total. The summed E-state index contributed by atoms with van der Waals surface area (Å²) in [5.74, 6) is -0.522. The second kappa shape index (κ2) is 3.68. The van der Waals surface area contributed by atoms with Gasteiger partial charge < -0.3 is 5.32 Å². The minimum Gasteiger partial charge on any atom is -0.383 e. The molecule has 6 heteroatoms. The lowest BCUT2D eigenvalue weighted by Crippen LogP contribution is -2.34. The van der Waals surface area contributed by atoms with Gasteiger partial charge in [0.2, 0.25) is 10.0 Å². The minimum absolute atomic E-state index is 0.0573. The van der Waals surface area contributed by atoms with Gasteiger partial charge in [-0.1, -0.05) is 0 Å². The largest absolute Gasteiger partial charge is 0.383 e. The van der Waals surface area contributed by atoms with Gasteiger partial charge in [0.15, 0.2) is 0 Å². The lowest BCUT2D eigenvalue weighted by Gasteiger charge is -2.18. The quantitative estimate of drug-likeness (QED) is 0.826. The normalized spacial score (nSPS) is 23.6. The number of halogens is 1. The first-order chi connectivity index (χ1) is 8.09. The zero-order chi connectivity index (χ0) is 12.0. The van der Waals surface area contributed by atoms with E-state index in [0.717, 1.165) is 18.9 Å². The number of nitrogens with zero attached hydrogens (tertiary/aromatic N) is 1. The highest BCUT2D eigenvalue weighted by Gasteiger charge is 2.40. The van der Waals surface area contributed by atoms with Crippen molar-refractivity contribution in [1.82, 2.24) is 4.31 Å². The fourth-order valence-corrected chi connectivity index (χ4v) is 4.01. The van der Waals surface area contributed by atoms with Crippen molar-refractivity contribution in [3.63, 3.8) is 0 Å². The third-order valence-electron chi connectivity index (χ3n) is 3.13. The van der Waals surface area contributed by atoms with Gasteiger partial charge in [-0.3, -0.25) is 0 Å². The summed E-state index contributed by atoms with van der Waals surface area (Å²) in [5, 5.41) is 3.03. The Morgan fingerprint density at radius 3 is 2.82 bits per heavy atom. The standard InChI is InChI=1S/C11H13FN2O2S/c12-8-1-4-10-11(7-8)17(15,16)14(6-5-13-10)9-2-3-9/h1,4,7,9,13H,2-3,5-6H2. The van der Waals surface area contributed by atoms with Crippen molar-refractivity contribution in [3.8, 4) is 0 Å². The predicted octanol–water partition coefficient (Wildman–Crippen LogP) is 1.40. The molecule has 1 aliphatic heterocycles. The number of fused-ring (bicyclic) bond motifs is 1. The van der Waals surface area contributed by atoms with E-state index in [9.17, 15) is 12.8 Å². The highest BCUT2D eigenvalue weighted by Crippen LogP contribution is 2.35. The molecule has 1 saturated carbocycles. The van der Waals surface area contributed by atoms with Crippen LogP contribution in [-0.4, -0.2) is 31.9 Å². The molecule has 0 amide bonds. The Labute approximate surface area is 99.5 Å². The SMILES string of the molecule is O=S1(=O)c2cc(F)ccc2NCCN1C1CC1. The monoisotopic (exact) mass is 256 g/mol. The van der Waals surface area contributed by atoms with E-state index in [1.807, 2.05) is 0 Å². The molecule has 17 heavy (non-hydrogen) atoms. The van der Waals surface area contributed by atoms with Crippen molar-refractivity contribution in [2.75, 3.05) is 18.4 Å². The summed E-state index contributed by atoms with van der Waals surface area (Å²) >= 11 is 0. The van der Waals surface area contributed by atoms with Crippen LogP contribution in [0.2, 0.25) is 0 Å². The van der Waals surface area contributed by atoms with E-state index in [4.69, 9.17) is 0 Å². The number of nitrogens with one attached hydrogen (secondary N) is 1. The van der Waals surface area contributed by atoms with E-state index < -0.39 is 15.8 Å².